The van der Waals surface area contributed by atoms with Crippen LogP contribution in [0.4, 0.5) is 0 Å². The lowest BCUT2D eigenvalue weighted by Gasteiger charge is -2.04. The number of fused-ring (bicyclic) bond motifs is 1. The average molecular weight is 380 g/mol. The number of hydrogen-bond donors (Lipinski definition) is 0. The number of hydrogen-bond acceptors (Lipinski definition) is 6. The third-order valence-corrected chi connectivity index (χ3v) is 4.84. The summed E-state index contributed by atoms with van der Waals surface area (Å²) in [6.45, 7) is 4.55. The van der Waals surface area contributed by atoms with Crippen molar-refractivity contribution in [3.8, 4) is 0 Å². The van der Waals surface area contributed by atoms with Crippen molar-refractivity contribution in [2.75, 3.05) is 0 Å². The van der Waals surface area contributed by atoms with Gasteiger partial charge in [0.25, 0.3) is 5.56 Å². The Morgan fingerprint density at radius 1 is 1.07 bits per heavy atom. The summed E-state index contributed by atoms with van der Waals surface area (Å²) >= 11 is 0. The molecule has 0 aliphatic carbocycles. The molecule has 3 aromatic heterocycles. The summed E-state index contributed by atoms with van der Waals surface area (Å²) in [6.07, 6.45) is 3.58. The molecule has 0 amide bonds. The van der Waals surface area contributed by atoms with Crippen molar-refractivity contribution in [1.29, 1.82) is 0 Å². The number of benzene rings is 1. The van der Waals surface area contributed by atoms with Crippen LogP contribution in [-0.2, 0) is 26.6 Å². The van der Waals surface area contributed by atoms with Crippen molar-refractivity contribution in [1.82, 2.24) is 28.9 Å². The smallest absolute Gasteiger partial charge is 0.390 e. The molecule has 0 unspecified atom stereocenters. The Morgan fingerprint density at radius 2 is 1.86 bits per heavy atom. The first-order valence-corrected chi connectivity index (χ1v) is 8.92. The summed E-state index contributed by atoms with van der Waals surface area (Å²) in [4.78, 5) is 32.9. The van der Waals surface area contributed by atoms with Gasteiger partial charge >= 0.3 is 5.76 Å². The SMILES string of the molecule is Cc1ccc(CCn2nc(Cn3cnc4ncn(C)c4c3=O)oc2=O)cc1C. The van der Waals surface area contributed by atoms with Crippen LogP contribution in [0.3, 0.4) is 0 Å². The number of imidazole rings is 1. The number of aromatic nitrogens is 6. The Hall–Kier alpha value is -3.49. The van der Waals surface area contributed by atoms with Crippen LogP contribution in [0.2, 0.25) is 0 Å². The van der Waals surface area contributed by atoms with E-state index >= 15 is 0 Å². The molecule has 0 spiro atoms. The minimum atomic E-state index is -0.540. The Bertz CT molecular complexity index is 1280. The maximum absolute atomic E-state index is 12.6. The van der Waals surface area contributed by atoms with Gasteiger partial charge in [-0.2, -0.15) is 4.68 Å². The summed E-state index contributed by atoms with van der Waals surface area (Å²) in [7, 11) is 1.73. The van der Waals surface area contributed by atoms with Gasteiger partial charge in [0, 0.05) is 7.05 Å². The molecule has 28 heavy (non-hydrogen) atoms. The van der Waals surface area contributed by atoms with Crippen molar-refractivity contribution in [2.45, 2.75) is 33.4 Å². The molecule has 0 N–H and O–H groups in total. The molecule has 0 aliphatic rings. The van der Waals surface area contributed by atoms with Crippen LogP contribution in [0, 0.1) is 13.8 Å². The summed E-state index contributed by atoms with van der Waals surface area (Å²) < 4.78 is 9.46. The predicted molar refractivity (Wildman–Crippen MR) is 102 cm³/mol. The monoisotopic (exact) mass is 380 g/mol. The Balaban J connectivity index is 1.54. The van der Waals surface area contributed by atoms with Gasteiger partial charge in [0.05, 0.1) is 12.9 Å². The molecule has 0 atom stereocenters. The van der Waals surface area contributed by atoms with Crippen molar-refractivity contribution in [3.63, 3.8) is 0 Å². The van der Waals surface area contributed by atoms with E-state index in [9.17, 15) is 9.59 Å². The first-order chi connectivity index (χ1) is 13.4. The van der Waals surface area contributed by atoms with E-state index < -0.39 is 5.76 Å². The fourth-order valence-corrected chi connectivity index (χ4v) is 3.08. The van der Waals surface area contributed by atoms with E-state index in [4.69, 9.17) is 4.42 Å². The van der Waals surface area contributed by atoms with Gasteiger partial charge in [-0.05, 0) is 37.0 Å². The van der Waals surface area contributed by atoms with Crippen LogP contribution in [0.5, 0.6) is 0 Å². The van der Waals surface area contributed by atoms with E-state index in [0.29, 0.717) is 24.1 Å². The second-order valence-electron chi connectivity index (χ2n) is 6.86. The van der Waals surface area contributed by atoms with Crippen LogP contribution < -0.4 is 11.3 Å². The van der Waals surface area contributed by atoms with Gasteiger partial charge in [-0.25, -0.2) is 14.8 Å². The van der Waals surface area contributed by atoms with Crippen molar-refractivity contribution in [2.24, 2.45) is 7.05 Å². The molecule has 0 saturated carbocycles. The molecule has 3 heterocycles. The van der Waals surface area contributed by atoms with Crippen molar-refractivity contribution < 1.29 is 4.42 Å². The maximum Gasteiger partial charge on any atom is 0.437 e. The zero-order valence-electron chi connectivity index (χ0n) is 15.9. The third-order valence-electron chi connectivity index (χ3n) is 4.84. The van der Waals surface area contributed by atoms with Gasteiger partial charge in [-0.3, -0.25) is 9.36 Å². The minimum absolute atomic E-state index is 0.0266. The van der Waals surface area contributed by atoms with E-state index in [1.165, 1.54) is 33.0 Å². The first-order valence-electron chi connectivity index (χ1n) is 8.92. The highest BCUT2D eigenvalue weighted by Crippen LogP contribution is 2.11. The van der Waals surface area contributed by atoms with E-state index in [2.05, 4.69) is 41.0 Å². The highest BCUT2D eigenvalue weighted by atomic mass is 16.4. The van der Waals surface area contributed by atoms with Crippen LogP contribution in [0.25, 0.3) is 11.2 Å². The van der Waals surface area contributed by atoms with Gasteiger partial charge < -0.3 is 8.98 Å². The second-order valence-corrected chi connectivity index (χ2v) is 6.86. The van der Waals surface area contributed by atoms with Gasteiger partial charge in [0.1, 0.15) is 12.9 Å². The lowest BCUT2D eigenvalue weighted by Crippen LogP contribution is -2.22. The maximum atomic E-state index is 12.6. The number of rotatable bonds is 5. The van der Waals surface area contributed by atoms with E-state index in [1.54, 1.807) is 11.6 Å². The van der Waals surface area contributed by atoms with Gasteiger partial charge in [-0.1, -0.05) is 18.2 Å². The van der Waals surface area contributed by atoms with E-state index in [1.807, 2.05) is 6.07 Å². The highest BCUT2D eigenvalue weighted by Gasteiger charge is 2.13. The summed E-state index contributed by atoms with van der Waals surface area (Å²) in [5.74, 6) is -0.378. The lowest BCUT2D eigenvalue weighted by molar-refractivity contribution is 0.434. The molecule has 4 aromatic rings. The molecule has 144 valence electrons. The quantitative estimate of drug-likeness (QED) is 0.515. The fraction of sp³-hybridized carbons (Fsp3) is 0.316. The molecule has 9 heteroatoms. The third kappa shape index (κ3) is 3.26. The number of nitrogens with zero attached hydrogens (tertiary/aromatic N) is 6. The Kier molecular flexibility index (Phi) is 4.42. The minimum Gasteiger partial charge on any atom is -0.390 e. The highest BCUT2D eigenvalue weighted by molar-refractivity contribution is 5.68. The van der Waals surface area contributed by atoms with Gasteiger partial charge in [-0.15, -0.1) is 5.10 Å². The van der Waals surface area contributed by atoms with Crippen LogP contribution >= 0.6 is 0 Å². The lowest BCUT2D eigenvalue weighted by atomic mass is 10.0. The van der Waals surface area contributed by atoms with Crippen LogP contribution in [-0.4, -0.2) is 28.9 Å². The molecule has 1 aromatic carbocycles. The molecule has 0 fully saturated rings. The molecule has 0 saturated heterocycles. The molecule has 9 nitrogen and oxygen atoms in total. The fourth-order valence-electron chi connectivity index (χ4n) is 3.08. The summed E-state index contributed by atoms with van der Waals surface area (Å²) in [6, 6.07) is 6.22. The van der Waals surface area contributed by atoms with Crippen LogP contribution in [0.1, 0.15) is 22.6 Å². The van der Waals surface area contributed by atoms with Crippen molar-refractivity contribution >= 4 is 11.2 Å². The van der Waals surface area contributed by atoms with Crippen LogP contribution in [0.15, 0.2) is 44.9 Å². The first kappa shape index (κ1) is 17.9. The zero-order chi connectivity index (χ0) is 19.8. The van der Waals surface area contributed by atoms with Gasteiger partial charge in [0.2, 0.25) is 5.89 Å². The van der Waals surface area contributed by atoms with E-state index in [-0.39, 0.29) is 18.0 Å². The summed E-state index contributed by atoms with van der Waals surface area (Å²) in [5.41, 5.74) is 4.07. The zero-order valence-corrected chi connectivity index (χ0v) is 15.9. The largest absolute Gasteiger partial charge is 0.437 e. The second kappa shape index (κ2) is 6.91. The molecular weight excluding hydrogens is 360 g/mol. The summed E-state index contributed by atoms with van der Waals surface area (Å²) in [5, 5.41) is 4.22. The molecule has 0 radical (unpaired) electrons. The molecule has 0 aliphatic heterocycles. The molecule has 0 bridgehead atoms. The topological polar surface area (TPSA) is 101 Å². The molecular formula is C19H20N6O3. The molecule has 4 rings (SSSR count). The average Bonchev–Trinajstić information content (AvgIpc) is 3.21. The Morgan fingerprint density at radius 3 is 2.64 bits per heavy atom. The standard InChI is InChI=1S/C19H20N6O3/c1-12-4-5-14(8-13(12)2)6-7-25-19(27)28-15(22-25)9-24-11-21-17-16(18(24)26)23(3)10-20-17/h4-5,8,10-11H,6-7,9H2,1-3H3. The predicted octanol–water partition coefficient (Wildman–Crippen LogP) is 1.19. The van der Waals surface area contributed by atoms with E-state index in [0.717, 1.165) is 5.56 Å². The van der Waals surface area contributed by atoms with Crippen molar-refractivity contribution in [3.05, 3.63) is 74.3 Å². The number of aryl methyl sites for hydroxylation is 5. The normalized spacial score (nSPS) is 11.4. The van der Waals surface area contributed by atoms with Gasteiger partial charge in [0.15, 0.2) is 11.2 Å². The Labute approximate surface area is 159 Å².